The van der Waals surface area contributed by atoms with Gasteiger partial charge in [-0.05, 0) is 62.2 Å². The van der Waals surface area contributed by atoms with Crippen molar-refractivity contribution in [1.29, 1.82) is 0 Å². The Morgan fingerprint density at radius 3 is 1.95 bits per heavy atom. The first-order valence-corrected chi connectivity index (χ1v) is 14.0. The minimum absolute atomic E-state index is 0.0232. The van der Waals surface area contributed by atoms with Gasteiger partial charge in [-0.1, -0.05) is 89.8 Å². The third-order valence-corrected chi connectivity index (χ3v) is 8.62. The Balaban J connectivity index is 1.77. The normalized spacial score (nSPS) is 11.2. The van der Waals surface area contributed by atoms with Crippen LogP contribution in [0.25, 0.3) is 21.7 Å². The van der Waals surface area contributed by atoms with Crippen LogP contribution in [-0.2, 0) is 0 Å². The number of carbonyl (C=O) groups is 1. The summed E-state index contributed by atoms with van der Waals surface area (Å²) in [6, 6.07) is 21.2. The monoisotopic (exact) mass is 543 g/mol. The lowest BCUT2D eigenvalue weighted by Gasteiger charge is -2.17. The maximum absolute atomic E-state index is 14.1. The minimum atomic E-state index is -0.182. The molecule has 0 unspecified atom stereocenters. The average Bonchev–Trinajstić information content (AvgIpc) is 3.20. The number of carbonyl (C=O) groups excluding carboxylic acids is 1. The molecular weight excluding hydrogens is 519 g/mol. The molecule has 5 rings (SSSR count). The molecule has 2 heterocycles. The van der Waals surface area contributed by atoms with Gasteiger partial charge in [0.25, 0.3) is 5.56 Å². The molecule has 5 aromatic rings. The number of benzene rings is 3. The minimum Gasteiger partial charge on any atom is -0.293 e. The first-order chi connectivity index (χ1) is 17.8. The van der Waals surface area contributed by atoms with Crippen molar-refractivity contribution < 1.29 is 4.79 Å². The molecular formula is C29H25N3O2S3. The zero-order valence-corrected chi connectivity index (χ0v) is 23.4. The fraction of sp³-hybridized carbons (Fsp3) is 0.172. The van der Waals surface area contributed by atoms with Crippen LogP contribution in [0.1, 0.15) is 32.6 Å². The Morgan fingerprint density at radius 1 is 0.838 bits per heavy atom. The van der Waals surface area contributed by atoms with Gasteiger partial charge in [0.2, 0.25) is 0 Å². The van der Waals surface area contributed by atoms with E-state index in [1.165, 1.54) is 23.1 Å². The molecule has 0 aliphatic carbocycles. The highest BCUT2D eigenvalue weighted by molar-refractivity contribution is 7.99. The van der Waals surface area contributed by atoms with Crippen LogP contribution in [0.5, 0.6) is 0 Å². The fourth-order valence-electron chi connectivity index (χ4n) is 4.58. The molecule has 0 radical (unpaired) electrons. The highest BCUT2D eigenvalue weighted by Crippen LogP contribution is 2.31. The third-order valence-electron chi connectivity index (χ3n) is 6.33. The molecule has 5 nitrogen and oxygen atoms in total. The summed E-state index contributed by atoms with van der Waals surface area (Å²) in [6.45, 7) is 8.01. The summed E-state index contributed by atoms with van der Waals surface area (Å²) in [5, 5.41) is 0.465. The van der Waals surface area contributed by atoms with E-state index in [0.717, 1.165) is 33.6 Å². The molecule has 0 aliphatic rings. The molecule has 0 amide bonds. The summed E-state index contributed by atoms with van der Waals surface area (Å²) in [5.41, 5.74) is 6.70. The molecule has 0 N–H and O–H groups in total. The molecule has 2 aromatic heterocycles. The van der Waals surface area contributed by atoms with E-state index in [9.17, 15) is 9.59 Å². The second-order valence-corrected chi connectivity index (χ2v) is 11.5. The molecule has 37 heavy (non-hydrogen) atoms. The van der Waals surface area contributed by atoms with Gasteiger partial charge in [-0.15, -0.1) is 0 Å². The predicted octanol–water partition coefficient (Wildman–Crippen LogP) is 7.18. The van der Waals surface area contributed by atoms with Gasteiger partial charge in [0.05, 0.1) is 17.1 Å². The summed E-state index contributed by atoms with van der Waals surface area (Å²) in [6.07, 6.45) is 0. The van der Waals surface area contributed by atoms with E-state index < -0.39 is 0 Å². The van der Waals surface area contributed by atoms with Crippen molar-refractivity contribution in [2.24, 2.45) is 0 Å². The molecule has 0 fully saturated rings. The van der Waals surface area contributed by atoms with Gasteiger partial charge >= 0.3 is 0 Å². The molecule has 0 atom stereocenters. The maximum Gasteiger partial charge on any atom is 0.278 e. The Bertz CT molecular complexity index is 1740. The number of rotatable bonds is 6. The molecule has 0 aliphatic heterocycles. The highest BCUT2D eigenvalue weighted by Gasteiger charge is 2.22. The van der Waals surface area contributed by atoms with Crippen molar-refractivity contribution in [2.45, 2.75) is 32.9 Å². The number of aromatic nitrogens is 3. The Labute approximate surface area is 228 Å². The van der Waals surface area contributed by atoms with Crippen LogP contribution in [0.4, 0.5) is 0 Å². The first kappa shape index (κ1) is 25.3. The fourth-order valence-corrected chi connectivity index (χ4v) is 6.74. The summed E-state index contributed by atoms with van der Waals surface area (Å²) in [7, 11) is 0. The van der Waals surface area contributed by atoms with E-state index >= 15 is 0 Å². The number of nitrogens with zero attached hydrogens (tertiary/aromatic N) is 3. The zero-order chi connectivity index (χ0) is 26.3. The van der Waals surface area contributed by atoms with E-state index in [-0.39, 0.29) is 17.1 Å². The Morgan fingerprint density at radius 2 is 1.38 bits per heavy atom. The molecule has 3 aromatic carbocycles. The van der Waals surface area contributed by atoms with Crippen molar-refractivity contribution in [2.75, 3.05) is 5.75 Å². The van der Waals surface area contributed by atoms with Gasteiger partial charge in [0.1, 0.15) is 4.70 Å². The van der Waals surface area contributed by atoms with E-state index in [0.29, 0.717) is 25.0 Å². The number of aryl methyl sites for hydroxylation is 4. The van der Waals surface area contributed by atoms with Crippen molar-refractivity contribution in [3.63, 3.8) is 0 Å². The van der Waals surface area contributed by atoms with Crippen molar-refractivity contribution in [1.82, 2.24) is 14.1 Å². The number of Topliss-reactive ketones (excluding diaryl/α,β-unsaturated/α-hetero) is 1. The number of ketones is 1. The van der Waals surface area contributed by atoms with Crippen LogP contribution in [0.15, 0.2) is 76.7 Å². The lowest BCUT2D eigenvalue weighted by molar-refractivity contribution is 0.102. The summed E-state index contributed by atoms with van der Waals surface area (Å²) in [5.74, 6) is 0.131. The van der Waals surface area contributed by atoms with Crippen molar-refractivity contribution in [3.05, 3.63) is 109 Å². The van der Waals surface area contributed by atoms with Crippen molar-refractivity contribution >= 4 is 51.4 Å². The zero-order valence-electron chi connectivity index (χ0n) is 20.9. The number of hydrogen-bond donors (Lipinski definition) is 0. The van der Waals surface area contributed by atoms with Gasteiger partial charge in [-0.2, -0.15) is 0 Å². The van der Waals surface area contributed by atoms with Crippen LogP contribution in [0.2, 0.25) is 0 Å². The largest absolute Gasteiger partial charge is 0.293 e. The van der Waals surface area contributed by atoms with Crippen LogP contribution < -0.4 is 5.56 Å². The van der Waals surface area contributed by atoms with Crippen molar-refractivity contribution in [3.8, 4) is 11.4 Å². The second-order valence-electron chi connectivity index (χ2n) is 8.95. The lowest BCUT2D eigenvalue weighted by atomic mass is 10.1. The number of thiazole rings is 1. The van der Waals surface area contributed by atoms with Gasteiger partial charge in [0, 0.05) is 5.56 Å². The number of thioether (sulfide) groups is 1. The van der Waals surface area contributed by atoms with E-state index in [2.05, 4.69) is 0 Å². The molecule has 0 saturated carbocycles. The molecule has 8 heteroatoms. The first-order valence-electron chi connectivity index (χ1n) is 11.8. The number of para-hydroxylation sites is 2. The molecule has 0 saturated heterocycles. The average molecular weight is 544 g/mol. The van der Waals surface area contributed by atoms with Gasteiger partial charge < -0.3 is 0 Å². The second kappa shape index (κ2) is 10.2. The van der Waals surface area contributed by atoms with Gasteiger partial charge in [-0.25, -0.2) is 4.98 Å². The predicted molar refractivity (Wildman–Crippen MR) is 156 cm³/mol. The highest BCUT2D eigenvalue weighted by atomic mass is 32.2. The molecule has 0 spiro atoms. The van der Waals surface area contributed by atoms with Crippen LogP contribution in [0.3, 0.4) is 0 Å². The topological polar surface area (TPSA) is 56.9 Å². The van der Waals surface area contributed by atoms with Gasteiger partial charge in [0.15, 0.2) is 20.5 Å². The van der Waals surface area contributed by atoms with Crippen LogP contribution >= 0.6 is 35.3 Å². The van der Waals surface area contributed by atoms with E-state index in [1.54, 1.807) is 16.7 Å². The smallest absolute Gasteiger partial charge is 0.278 e. The summed E-state index contributed by atoms with van der Waals surface area (Å²) >= 11 is 8.32. The quantitative estimate of drug-likeness (QED) is 0.0983. The van der Waals surface area contributed by atoms with E-state index in [1.807, 2.05) is 86.9 Å². The van der Waals surface area contributed by atoms with E-state index in [4.69, 9.17) is 17.2 Å². The maximum atomic E-state index is 14.1. The van der Waals surface area contributed by atoms with Crippen LogP contribution in [-0.4, -0.2) is 25.7 Å². The number of hydrogen-bond acceptors (Lipinski definition) is 6. The Kier molecular flexibility index (Phi) is 6.98. The SMILES string of the molecule is Cc1cccc(C)c1-n1c(SCC(=O)c2ccccc2)nc2c(sc(=S)n2-c2c(C)cccc2C)c1=O. The Hall–Kier alpha value is -3.33. The van der Waals surface area contributed by atoms with Crippen LogP contribution in [0, 0.1) is 31.6 Å². The lowest BCUT2D eigenvalue weighted by Crippen LogP contribution is -2.23. The van der Waals surface area contributed by atoms with Gasteiger partial charge in [-0.3, -0.25) is 18.7 Å². The molecule has 186 valence electrons. The standard InChI is InChI=1S/C29H25N3O2S3/c1-17-10-8-11-18(2)23(17)31-26-25(37-29(31)35)27(34)32(24-19(3)12-9-13-20(24)4)28(30-26)36-16-22(33)21-14-6-5-7-15-21/h5-15H,16H2,1-4H3. The number of fused-ring (bicyclic) bond motifs is 1. The summed E-state index contributed by atoms with van der Waals surface area (Å²) in [4.78, 5) is 32.1. The molecule has 0 bridgehead atoms. The third kappa shape index (κ3) is 4.61. The summed E-state index contributed by atoms with van der Waals surface area (Å²) < 4.78 is 4.61.